The van der Waals surface area contributed by atoms with E-state index in [2.05, 4.69) is 27.7 Å². The van der Waals surface area contributed by atoms with Crippen LogP contribution in [-0.4, -0.2) is 27.6 Å². The number of hydrogen-bond acceptors (Lipinski definition) is 6. The molecule has 0 radical (unpaired) electrons. The van der Waals surface area contributed by atoms with E-state index in [-0.39, 0.29) is 11.8 Å². The van der Waals surface area contributed by atoms with E-state index >= 15 is 0 Å². The molecule has 0 N–H and O–H groups in total. The Morgan fingerprint density at radius 2 is 1.81 bits per heavy atom. The van der Waals surface area contributed by atoms with Gasteiger partial charge < -0.3 is 9.42 Å². The van der Waals surface area contributed by atoms with Gasteiger partial charge >= 0.3 is 0 Å². The van der Waals surface area contributed by atoms with Gasteiger partial charge in [-0.3, -0.25) is 4.79 Å². The molecule has 1 amide bonds. The molecule has 2 aliphatic rings. The molecule has 2 fully saturated rings. The molecular weight excluding hydrogens is 408 g/mol. The van der Waals surface area contributed by atoms with Gasteiger partial charge in [0.05, 0.1) is 16.6 Å². The summed E-state index contributed by atoms with van der Waals surface area (Å²) in [5.41, 5.74) is 3.84. The third-order valence-electron chi connectivity index (χ3n) is 5.85. The highest BCUT2D eigenvalue weighted by molar-refractivity contribution is 7.10. The molecular formula is C24H20N4O2S. The summed E-state index contributed by atoms with van der Waals surface area (Å²) < 4.78 is 5.57. The second-order valence-corrected chi connectivity index (χ2v) is 9.01. The lowest BCUT2D eigenvalue weighted by Gasteiger charge is -2.15. The fourth-order valence-electron chi connectivity index (χ4n) is 4.00. The summed E-state index contributed by atoms with van der Waals surface area (Å²) >= 11 is 1.74. The van der Waals surface area contributed by atoms with Crippen molar-refractivity contribution in [3.63, 3.8) is 0 Å². The molecule has 1 aliphatic carbocycles. The molecule has 2 aromatic heterocycles. The maximum Gasteiger partial charge on any atom is 0.232 e. The van der Waals surface area contributed by atoms with Crippen molar-refractivity contribution < 1.29 is 9.32 Å². The number of para-hydroxylation sites is 1. The fraction of sp³-hybridized carbons (Fsp3) is 0.250. The molecule has 1 atom stereocenters. The van der Waals surface area contributed by atoms with Crippen LogP contribution in [0.3, 0.4) is 0 Å². The molecule has 0 unspecified atom stereocenters. The quantitative estimate of drug-likeness (QED) is 0.434. The van der Waals surface area contributed by atoms with Crippen LogP contribution in [0, 0.1) is 0 Å². The van der Waals surface area contributed by atoms with Crippen LogP contribution in [0.25, 0.3) is 22.6 Å². The second-order valence-electron chi connectivity index (χ2n) is 8.12. The highest BCUT2D eigenvalue weighted by Gasteiger charge is 2.35. The zero-order chi connectivity index (χ0) is 20.8. The van der Waals surface area contributed by atoms with Crippen molar-refractivity contribution in [2.24, 2.45) is 0 Å². The Morgan fingerprint density at radius 3 is 2.65 bits per heavy atom. The van der Waals surface area contributed by atoms with Crippen molar-refractivity contribution in [1.82, 2.24) is 15.1 Å². The summed E-state index contributed by atoms with van der Waals surface area (Å²) in [7, 11) is 0. The van der Waals surface area contributed by atoms with Gasteiger partial charge in [-0.05, 0) is 31.0 Å². The van der Waals surface area contributed by atoms with Crippen molar-refractivity contribution in [3.05, 3.63) is 70.9 Å². The molecule has 31 heavy (non-hydrogen) atoms. The number of hydrogen-bond donors (Lipinski definition) is 0. The Kier molecular flexibility index (Phi) is 4.42. The first kappa shape index (κ1) is 18.4. The summed E-state index contributed by atoms with van der Waals surface area (Å²) in [5, 5.41) is 7.55. The first-order valence-corrected chi connectivity index (χ1v) is 11.4. The Morgan fingerprint density at radius 1 is 0.968 bits per heavy atom. The van der Waals surface area contributed by atoms with Crippen molar-refractivity contribution in [2.45, 2.75) is 31.1 Å². The topological polar surface area (TPSA) is 72.1 Å². The molecule has 1 saturated carbocycles. The van der Waals surface area contributed by atoms with Crippen LogP contribution in [0.2, 0.25) is 0 Å². The number of anilines is 1. The van der Waals surface area contributed by atoms with E-state index in [1.54, 1.807) is 16.2 Å². The standard InChI is InChI=1S/C24H20N4O2S/c29-21-12-18(13-28(21)19-7-2-1-3-8-19)23-26-22(27-30-23)17-6-4-5-16(11-17)20-14-31-24(25-20)15-9-10-15/h1-8,11,14-15,18H,9-10,12-13H2/t18-/m0/s1. The van der Waals surface area contributed by atoms with E-state index in [0.717, 1.165) is 22.5 Å². The monoisotopic (exact) mass is 428 g/mol. The first-order valence-electron chi connectivity index (χ1n) is 10.5. The lowest BCUT2D eigenvalue weighted by molar-refractivity contribution is -0.117. The van der Waals surface area contributed by atoms with Crippen molar-refractivity contribution in [1.29, 1.82) is 0 Å². The van der Waals surface area contributed by atoms with Crippen LogP contribution in [0.1, 0.15) is 42.0 Å². The van der Waals surface area contributed by atoms with E-state index in [0.29, 0.717) is 30.6 Å². The molecule has 4 aromatic rings. The Hall–Kier alpha value is -3.32. The van der Waals surface area contributed by atoms with Gasteiger partial charge in [0, 0.05) is 41.1 Å². The number of nitrogens with zero attached hydrogens (tertiary/aromatic N) is 4. The van der Waals surface area contributed by atoms with E-state index in [1.165, 1.54) is 17.8 Å². The summed E-state index contributed by atoms with van der Waals surface area (Å²) in [6.07, 6.45) is 2.88. The highest BCUT2D eigenvalue weighted by Crippen LogP contribution is 2.42. The van der Waals surface area contributed by atoms with Crippen LogP contribution in [0.15, 0.2) is 64.5 Å². The number of amides is 1. The lowest BCUT2D eigenvalue weighted by atomic mass is 10.1. The molecule has 154 valence electrons. The Labute approximate surface area is 183 Å². The summed E-state index contributed by atoms with van der Waals surface area (Å²) in [5.74, 6) is 1.69. The molecule has 1 saturated heterocycles. The number of benzene rings is 2. The van der Waals surface area contributed by atoms with Crippen molar-refractivity contribution >= 4 is 22.9 Å². The van der Waals surface area contributed by atoms with Crippen LogP contribution < -0.4 is 4.90 Å². The molecule has 0 spiro atoms. The first-order chi connectivity index (χ1) is 15.2. The van der Waals surface area contributed by atoms with Gasteiger partial charge in [-0.1, -0.05) is 41.6 Å². The summed E-state index contributed by atoms with van der Waals surface area (Å²) in [6, 6.07) is 17.8. The largest absolute Gasteiger partial charge is 0.339 e. The summed E-state index contributed by atoms with van der Waals surface area (Å²) in [6.45, 7) is 0.549. The highest BCUT2D eigenvalue weighted by atomic mass is 32.1. The van der Waals surface area contributed by atoms with Crippen LogP contribution in [0.5, 0.6) is 0 Å². The molecule has 6 nitrogen and oxygen atoms in total. The number of aromatic nitrogens is 3. The number of thiazole rings is 1. The third kappa shape index (κ3) is 3.55. The molecule has 2 aromatic carbocycles. The number of rotatable bonds is 5. The van der Waals surface area contributed by atoms with Gasteiger partial charge in [-0.15, -0.1) is 11.3 Å². The molecule has 6 rings (SSSR count). The minimum absolute atomic E-state index is 0.0768. The van der Waals surface area contributed by atoms with Gasteiger partial charge in [0.25, 0.3) is 0 Å². The second kappa shape index (κ2) is 7.42. The Bertz CT molecular complexity index is 1250. The number of carbonyl (C=O) groups is 1. The summed E-state index contributed by atoms with van der Waals surface area (Å²) in [4.78, 5) is 23.7. The molecule has 7 heteroatoms. The average Bonchev–Trinajstić information content (AvgIpc) is 3.19. The maximum atomic E-state index is 12.5. The van der Waals surface area contributed by atoms with Crippen LogP contribution >= 0.6 is 11.3 Å². The number of carbonyl (C=O) groups excluding carboxylic acids is 1. The van der Waals surface area contributed by atoms with Crippen molar-refractivity contribution in [3.8, 4) is 22.6 Å². The Balaban J connectivity index is 1.23. The molecule has 1 aliphatic heterocycles. The minimum Gasteiger partial charge on any atom is -0.339 e. The van der Waals surface area contributed by atoms with Crippen molar-refractivity contribution in [2.75, 3.05) is 11.4 Å². The van der Waals surface area contributed by atoms with E-state index in [1.807, 2.05) is 42.5 Å². The average molecular weight is 429 g/mol. The fourth-order valence-corrected chi connectivity index (χ4v) is 5.00. The normalized spacial score (nSPS) is 18.6. The lowest BCUT2D eigenvalue weighted by Crippen LogP contribution is -2.24. The van der Waals surface area contributed by atoms with Gasteiger partial charge in [0.15, 0.2) is 0 Å². The van der Waals surface area contributed by atoms with Gasteiger partial charge in [0.1, 0.15) is 0 Å². The van der Waals surface area contributed by atoms with E-state index in [4.69, 9.17) is 9.51 Å². The molecule has 0 bridgehead atoms. The predicted molar refractivity (Wildman–Crippen MR) is 119 cm³/mol. The zero-order valence-corrected chi connectivity index (χ0v) is 17.6. The smallest absolute Gasteiger partial charge is 0.232 e. The minimum atomic E-state index is -0.100. The van der Waals surface area contributed by atoms with Gasteiger partial charge in [0.2, 0.25) is 17.6 Å². The van der Waals surface area contributed by atoms with Gasteiger partial charge in [-0.25, -0.2) is 4.98 Å². The van der Waals surface area contributed by atoms with Crippen LogP contribution in [0.4, 0.5) is 5.69 Å². The molecule has 3 heterocycles. The van der Waals surface area contributed by atoms with E-state index < -0.39 is 0 Å². The van der Waals surface area contributed by atoms with Gasteiger partial charge in [-0.2, -0.15) is 4.98 Å². The predicted octanol–water partition coefficient (Wildman–Crippen LogP) is 5.26. The van der Waals surface area contributed by atoms with Crippen LogP contribution in [-0.2, 0) is 4.79 Å². The third-order valence-corrected chi connectivity index (χ3v) is 6.86. The zero-order valence-electron chi connectivity index (χ0n) is 16.8. The maximum absolute atomic E-state index is 12.5. The SMILES string of the molecule is O=C1C[C@H](c2nc(-c3cccc(-c4csc(C5CC5)n4)c3)no2)CN1c1ccccc1. The van der Waals surface area contributed by atoms with E-state index in [9.17, 15) is 4.79 Å².